The molecule has 1 N–H and O–H groups in total. The molecule has 0 aliphatic carbocycles. The van der Waals surface area contributed by atoms with E-state index in [4.69, 9.17) is 9.47 Å². The molecule has 0 aromatic heterocycles. The topological polar surface area (TPSA) is 103 Å². The Hall–Kier alpha value is -2.27. The van der Waals surface area contributed by atoms with Crippen LogP contribution in [0.2, 0.25) is 0 Å². The Balaban J connectivity index is 1.78. The van der Waals surface area contributed by atoms with Gasteiger partial charge in [-0.05, 0) is 31.6 Å². The van der Waals surface area contributed by atoms with Crippen LogP contribution in [0.15, 0.2) is 25.3 Å². The zero-order chi connectivity index (χ0) is 31.4. The monoisotopic (exact) mass is 602 g/mol. The van der Waals surface area contributed by atoms with Gasteiger partial charge in [0, 0.05) is 45.8 Å². The second-order valence-electron chi connectivity index (χ2n) is 12.8. The van der Waals surface area contributed by atoms with Gasteiger partial charge in [0.1, 0.15) is 11.6 Å². The highest BCUT2D eigenvalue weighted by atomic mass is 16.5. The second kappa shape index (κ2) is 14.2. The summed E-state index contributed by atoms with van der Waals surface area (Å²) < 4.78 is 12.5. The Kier molecular flexibility index (Phi) is 11.1. The average molecular weight is 603 g/mol. The summed E-state index contributed by atoms with van der Waals surface area (Å²) in [5.41, 5.74) is -1.94. The SMILES string of the molecule is C=CCN(CCN1CCOCC1)C(=O)C1N([C@@H](CO)[C@@H](C)CC)C(=O)[C@@H]2[C@@H](C(=O)N(CC=C)CCC)[C@@]3(CC)CCC12O3. The molecule has 3 amide bonds. The molecule has 1 spiro atoms. The molecule has 2 bridgehead atoms. The molecule has 10 heteroatoms. The van der Waals surface area contributed by atoms with Gasteiger partial charge in [0.2, 0.25) is 17.7 Å². The predicted molar refractivity (Wildman–Crippen MR) is 165 cm³/mol. The number of hydrogen-bond acceptors (Lipinski definition) is 7. The van der Waals surface area contributed by atoms with E-state index in [0.29, 0.717) is 65.2 Å². The van der Waals surface area contributed by atoms with Gasteiger partial charge in [-0.25, -0.2) is 0 Å². The Morgan fingerprint density at radius 2 is 1.72 bits per heavy atom. The number of carbonyl (C=O) groups excluding carboxylic acids is 3. The molecule has 7 atom stereocenters. The van der Waals surface area contributed by atoms with Crippen LogP contribution in [-0.2, 0) is 23.9 Å². The van der Waals surface area contributed by atoms with Crippen molar-refractivity contribution < 1.29 is 29.0 Å². The molecule has 43 heavy (non-hydrogen) atoms. The van der Waals surface area contributed by atoms with E-state index >= 15 is 0 Å². The highest BCUT2D eigenvalue weighted by Crippen LogP contribution is 2.65. The van der Waals surface area contributed by atoms with Crippen LogP contribution in [0.3, 0.4) is 0 Å². The van der Waals surface area contributed by atoms with Crippen molar-refractivity contribution in [3.05, 3.63) is 25.3 Å². The van der Waals surface area contributed by atoms with Gasteiger partial charge in [-0.1, -0.05) is 46.3 Å². The molecule has 4 aliphatic rings. The quantitative estimate of drug-likeness (QED) is 0.271. The van der Waals surface area contributed by atoms with Crippen molar-refractivity contribution in [1.82, 2.24) is 19.6 Å². The Labute approximate surface area is 258 Å². The number of morpholine rings is 1. The number of amides is 3. The smallest absolute Gasteiger partial charge is 0.248 e. The number of carbonyl (C=O) groups is 3. The van der Waals surface area contributed by atoms with Crippen LogP contribution < -0.4 is 0 Å². The Morgan fingerprint density at radius 1 is 1.07 bits per heavy atom. The summed E-state index contributed by atoms with van der Waals surface area (Å²) in [6, 6.07) is -1.49. The lowest BCUT2D eigenvalue weighted by atomic mass is 9.64. The predicted octanol–water partition coefficient (Wildman–Crippen LogP) is 2.32. The molecule has 10 nitrogen and oxygen atoms in total. The summed E-state index contributed by atoms with van der Waals surface area (Å²) in [6.45, 7) is 21.0. The molecule has 242 valence electrons. The largest absolute Gasteiger partial charge is 0.394 e. The van der Waals surface area contributed by atoms with Crippen LogP contribution in [-0.4, -0.2) is 131 Å². The maximum Gasteiger partial charge on any atom is 0.248 e. The molecule has 4 heterocycles. The normalized spacial score (nSPS) is 31.5. The number of aliphatic hydroxyl groups is 1. The van der Waals surface area contributed by atoms with Gasteiger partial charge in [-0.15, -0.1) is 13.2 Å². The average Bonchev–Trinajstić information content (AvgIpc) is 3.63. The lowest BCUT2D eigenvalue weighted by Gasteiger charge is -2.41. The number of hydrogen-bond donors (Lipinski definition) is 1. The number of likely N-dealkylation sites (tertiary alicyclic amines) is 1. The van der Waals surface area contributed by atoms with Crippen molar-refractivity contribution in [2.45, 2.75) is 83.1 Å². The van der Waals surface area contributed by atoms with Gasteiger partial charge in [-0.2, -0.15) is 0 Å². The Morgan fingerprint density at radius 3 is 2.28 bits per heavy atom. The van der Waals surface area contributed by atoms with Crippen molar-refractivity contribution in [3.63, 3.8) is 0 Å². The first kappa shape index (κ1) is 33.6. The van der Waals surface area contributed by atoms with Crippen molar-refractivity contribution >= 4 is 17.7 Å². The molecule has 2 unspecified atom stereocenters. The number of ether oxygens (including phenoxy) is 2. The standard InChI is InChI=1S/C33H54N4O6/c1-7-14-35(15-8-2)29(39)26-27-30(40)37(25(23-38)24(6)10-4)28(33(27)13-12-32(26,11-5)43-33)31(41)36(16-9-3)18-17-34-19-21-42-22-20-34/h7,9,24-28,38H,1,3,8,10-23H2,2,4-6H3/t24-,25-,26-,27-,28?,32+,33?/m0/s1. The molecular weight excluding hydrogens is 548 g/mol. The molecule has 4 aliphatic heterocycles. The first-order valence-corrected chi connectivity index (χ1v) is 16.4. The molecule has 0 aromatic rings. The summed E-state index contributed by atoms with van der Waals surface area (Å²) in [6.07, 6.45) is 6.65. The maximum absolute atomic E-state index is 14.8. The van der Waals surface area contributed by atoms with Crippen LogP contribution >= 0.6 is 0 Å². The molecule has 0 radical (unpaired) electrons. The number of fused-ring (bicyclic) bond motifs is 1. The van der Waals surface area contributed by atoms with E-state index < -0.39 is 35.1 Å². The summed E-state index contributed by atoms with van der Waals surface area (Å²) >= 11 is 0. The first-order valence-electron chi connectivity index (χ1n) is 16.4. The summed E-state index contributed by atoms with van der Waals surface area (Å²) in [7, 11) is 0. The van der Waals surface area contributed by atoms with Crippen LogP contribution in [0.25, 0.3) is 0 Å². The van der Waals surface area contributed by atoms with Crippen LogP contribution in [0.1, 0.15) is 59.8 Å². The number of nitrogens with zero attached hydrogens (tertiary/aromatic N) is 4. The summed E-state index contributed by atoms with van der Waals surface area (Å²) in [4.78, 5) is 51.4. The number of rotatable bonds is 16. The summed E-state index contributed by atoms with van der Waals surface area (Å²) in [5, 5.41) is 10.7. The van der Waals surface area contributed by atoms with Gasteiger partial charge in [0.05, 0.1) is 43.3 Å². The van der Waals surface area contributed by atoms with E-state index in [2.05, 4.69) is 18.1 Å². The van der Waals surface area contributed by atoms with Crippen LogP contribution in [0.4, 0.5) is 0 Å². The van der Waals surface area contributed by atoms with Gasteiger partial charge < -0.3 is 29.3 Å². The fourth-order valence-electron chi connectivity index (χ4n) is 8.10. The van der Waals surface area contributed by atoms with E-state index in [0.717, 1.165) is 25.9 Å². The van der Waals surface area contributed by atoms with Gasteiger partial charge in [0.15, 0.2) is 0 Å². The Bertz CT molecular complexity index is 1030. The highest BCUT2D eigenvalue weighted by Gasteiger charge is 2.79. The lowest BCUT2D eigenvalue weighted by Crippen LogP contribution is -2.60. The summed E-state index contributed by atoms with van der Waals surface area (Å²) in [5.74, 6) is -2.06. The van der Waals surface area contributed by atoms with Crippen molar-refractivity contribution in [2.75, 3.05) is 65.6 Å². The molecule has 0 saturated carbocycles. The van der Waals surface area contributed by atoms with E-state index in [1.165, 1.54) is 0 Å². The van der Waals surface area contributed by atoms with E-state index in [1.54, 1.807) is 26.9 Å². The molecule has 4 rings (SSSR count). The maximum atomic E-state index is 14.8. The fraction of sp³-hybridized carbons (Fsp3) is 0.788. The second-order valence-corrected chi connectivity index (χ2v) is 12.8. The number of aliphatic hydroxyl groups excluding tert-OH is 1. The first-order chi connectivity index (χ1) is 20.7. The molecule has 4 saturated heterocycles. The van der Waals surface area contributed by atoms with Gasteiger partial charge >= 0.3 is 0 Å². The highest BCUT2D eigenvalue weighted by molar-refractivity contribution is 5.99. The minimum absolute atomic E-state index is 0.0514. The van der Waals surface area contributed by atoms with Gasteiger partial charge in [-0.3, -0.25) is 19.3 Å². The van der Waals surface area contributed by atoms with Crippen molar-refractivity contribution in [3.8, 4) is 0 Å². The van der Waals surface area contributed by atoms with E-state index in [9.17, 15) is 19.5 Å². The van der Waals surface area contributed by atoms with Crippen LogP contribution in [0, 0.1) is 17.8 Å². The van der Waals surface area contributed by atoms with Crippen LogP contribution in [0.5, 0.6) is 0 Å². The molecule has 4 fully saturated rings. The minimum Gasteiger partial charge on any atom is -0.394 e. The third kappa shape index (κ3) is 5.92. The third-order valence-corrected chi connectivity index (χ3v) is 10.6. The third-order valence-electron chi connectivity index (χ3n) is 10.6. The zero-order valence-electron chi connectivity index (χ0n) is 26.8. The van der Waals surface area contributed by atoms with E-state index in [1.807, 2.05) is 27.7 Å². The molecule has 0 aromatic carbocycles. The zero-order valence-corrected chi connectivity index (χ0v) is 26.8. The fourth-order valence-corrected chi connectivity index (χ4v) is 8.10. The molecular formula is C33H54N4O6. The van der Waals surface area contributed by atoms with Crippen molar-refractivity contribution in [1.29, 1.82) is 0 Å². The van der Waals surface area contributed by atoms with Gasteiger partial charge in [0.25, 0.3) is 0 Å². The minimum atomic E-state index is -1.13. The van der Waals surface area contributed by atoms with Crippen molar-refractivity contribution in [2.24, 2.45) is 17.8 Å². The van der Waals surface area contributed by atoms with E-state index in [-0.39, 0.29) is 30.2 Å². The lowest BCUT2D eigenvalue weighted by molar-refractivity contribution is -0.159.